The quantitative estimate of drug-likeness (QED) is 0.245. The second kappa shape index (κ2) is 9.84. The second-order valence-electron chi connectivity index (χ2n) is 7.85. The molecule has 0 spiro atoms. The molecular weight excluding hydrogens is 518 g/mol. The van der Waals surface area contributed by atoms with Crippen molar-refractivity contribution in [1.82, 2.24) is 10.6 Å². The normalized spacial score (nSPS) is 21.7. The minimum Gasteiger partial charge on any atom is -0.497 e. The van der Waals surface area contributed by atoms with Gasteiger partial charge in [-0.1, -0.05) is 70.7 Å². The number of hydrogen-bond donors (Lipinski definition) is 2. The molecule has 1 aliphatic carbocycles. The molecule has 178 valence electrons. The zero-order valence-electron chi connectivity index (χ0n) is 18.6. The summed E-state index contributed by atoms with van der Waals surface area (Å²) in [4.78, 5) is 12.8. The van der Waals surface area contributed by atoms with E-state index in [1.807, 2.05) is 50.5 Å². The van der Waals surface area contributed by atoms with E-state index in [-0.39, 0.29) is 25.7 Å². The highest BCUT2D eigenvalue weighted by Gasteiger charge is 2.40. The Bertz CT molecular complexity index is 1240. The predicted octanol–water partition coefficient (Wildman–Crippen LogP) is 6.63. The van der Waals surface area contributed by atoms with Crippen molar-refractivity contribution in [3.63, 3.8) is 0 Å². The fraction of sp³-hybridized carbons (Fsp3) is 0.240. The molecule has 9 heteroatoms. The van der Waals surface area contributed by atoms with E-state index in [2.05, 4.69) is 22.8 Å². The molecule has 0 fully saturated rings. The van der Waals surface area contributed by atoms with Gasteiger partial charge in [0.25, 0.3) is 0 Å². The number of hydrogen-bond acceptors (Lipinski definition) is 5. The molecule has 4 rings (SSSR count). The number of allylic oxidation sites excluding steroid dienone is 1. The monoisotopic (exact) mass is 538 g/mol. The van der Waals surface area contributed by atoms with Crippen molar-refractivity contribution in [3.05, 3.63) is 91.0 Å². The van der Waals surface area contributed by atoms with Crippen LogP contribution in [0.25, 0.3) is 5.57 Å². The van der Waals surface area contributed by atoms with Crippen molar-refractivity contribution in [3.8, 4) is 5.75 Å². The van der Waals surface area contributed by atoms with Gasteiger partial charge in [0, 0.05) is 18.3 Å². The average molecular weight is 540 g/mol. The number of cyclic esters (lactones) is 1. The number of benzene rings is 2. The molecule has 2 aromatic rings. The summed E-state index contributed by atoms with van der Waals surface area (Å²) in [5.41, 5.74) is 2.74. The first-order chi connectivity index (χ1) is 16.3. The zero-order valence-corrected chi connectivity index (χ0v) is 21.7. The number of carbonyl (C=O) groups is 1. The van der Waals surface area contributed by atoms with Crippen molar-refractivity contribution < 1.29 is 14.3 Å². The van der Waals surface area contributed by atoms with Crippen LogP contribution in [0.3, 0.4) is 0 Å². The summed E-state index contributed by atoms with van der Waals surface area (Å²) >= 11 is 25.4. The molecule has 0 bridgehead atoms. The van der Waals surface area contributed by atoms with Crippen LogP contribution in [0.4, 0.5) is 0 Å². The number of methoxy groups -OCH3 is 1. The molecule has 5 nitrogen and oxygen atoms in total. The predicted molar refractivity (Wildman–Crippen MR) is 138 cm³/mol. The third kappa shape index (κ3) is 4.21. The number of ether oxygens (including phenoxy) is 2. The van der Waals surface area contributed by atoms with E-state index in [9.17, 15) is 4.79 Å². The summed E-state index contributed by atoms with van der Waals surface area (Å²) in [7, 11) is 5.37. The Labute approximate surface area is 218 Å². The van der Waals surface area contributed by atoms with E-state index in [0.29, 0.717) is 12.0 Å². The summed E-state index contributed by atoms with van der Waals surface area (Å²) in [6.07, 6.45) is 7.90. The van der Waals surface area contributed by atoms with Crippen molar-refractivity contribution in [1.29, 1.82) is 0 Å². The first-order valence-electron chi connectivity index (χ1n) is 10.5. The highest BCUT2D eigenvalue weighted by molar-refractivity contribution is 6.53. The lowest BCUT2D eigenvalue weighted by atomic mass is 9.78. The number of fused-ring (bicyclic) bond motifs is 1. The van der Waals surface area contributed by atoms with Gasteiger partial charge in [0.05, 0.1) is 38.3 Å². The lowest BCUT2D eigenvalue weighted by Gasteiger charge is -2.36. The molecule has 0 saturated carbocycles. The van der Waals surface area contributed by atoms with Crippen LogP contribution >= 0.6 is 46.4 Å². The maximum Gasteiger partial charge on any atom is 0.341 e. The summed E-state index contributed by atoms with van der Waals surface area (Å²) in [6, 6.07) is 7.66. The van der Waals surface area contributed by atoms with E-state index in [4.69, 9.17) is 55.9 Å². The molecule has 2 aliphatic rings. The van der Waals surface area contributed by atoms with Crippen LogP contribution in [-0.2, 0) is 4.74 Å². The highest BCUT2D eigenvalue weighted by Crippen LogP contribution is 2.49. The highest BCUT2D eigenvalue weighted by atomic mass is 35.5. The van der Waals surface area contributed by atoms with Crippen LogP contribution in [0.1, 0.15) is 34.0 Å². The minimum atomic E-state index is -0.812. The van der Waals surface area contributed by atoms with Crippen LogP contribution in [0.5, 0.6) is 5.75 Å². The molecular formula is C25H22Cl4N2O3. The topological polar surface area (TPSA) is 59.6 Å². The van der Waals surface area contributed by atoms with Crippen molar-refractivity contribution in [2.24, 2.45) is 0 Å². The number of rotatable bonds is 6. The Morgan fingerprint density at radius 1 is 1.09 bits per heavy atom. The van der Waals surface area contributed by atoms with Gasteiger partial charge in [0.1, 0.15) is 11.9 Å². The number of likely N-dealkylation sites (N-methyl/N-ethyl adjacent to an activating group) is 2. The van der Waals surface area contributed by atoms with E-state index in [1.54, 1.807) is 7.11 Å². The van der Waals surface area contributed by atoms with Crippen LogP contribution in [0.2, 0.25) is 20.1 Å². The molecule has 0 aromatic heterocycles. The fourth-order valence-electron chi connectivity index (χ4n) is 4.23. The molecule has 1 aliphatic heterocycles. The molecule has 0 amide bonds. The molecule has 2 N–H and O–H groups in total. The van der Waals surface area contributed by atoms with Gasteiger partial charge < -0.3 is 20.1 Å². The standard InChI is InChI=1S/C25H22Cl4N2O3/c1-30-14-8-10-25(31-2,11-9-14)16(13-4-6-15(33-3)7-5-13)12-17-18-19(24(32)34-17)21(27)23(29)22(28)20(18)26/h4-10,12,17,30-31H,11H2,1-3H3. The van der Waals surface area contributed by atoms with Gasteiger partial charge in [-0.25, -0.2) is 4.79 Å². The van der Waals surface area contributed by atoms with Gasteiger partial charge in [0.2, 0.25) is 0 Å². The molecule has 2 atom stereocenters. The molecule has 2 unspecified atom stereocenters. The number of esters is 1. The lowest BCUT2D eigenvalue weighted by Crippen LogP contribution is -2.43. The summed E-state index contributed by atoms with van der Waals surface area (Å²) < 4.78 is 11.0. The lowest BCUT2D eigenvalue weighted by molar-refractivity contribution is 0.0467. The second-order valence-corrected chi connectivity index (χ2v) is 9.36. The van der Waals surface area contributed by atoms with Gasteiger partial charge in [0.15, 0.2) is 0 Å². The van der Waals surface area contributed by atoms with Crippen molar-refractivity contribution in [2.45, 2.75) is 18.1 Å². The van der Waals surface area contributed by atoms with Gasteiger partial charge in [-0.2, -0.15) is 0 Å². The van der Waals surface area contributed by atoms with Crippen LogP contribution in [0.15, 0.2) is 54.3 Å². The van der Waals surface area contributed by atoms with Gasteiger partial charge >= 0.3 is 5.97 Å². The Balaban J connectivity index is 1.91. The van der Waals surface area contributed by atoms with E-state index < -0.39 is 17.6 Å². The Morgan fingerprint density at radius 2 is 1.76 bits per heavy atom. The summed E-state index contributed by atoms with van der Waals surface area (Å²) in [5, 5.41) is 6.87. The van der Waals surface area contributed by atoms with Gasteiger partial charge in [-0.05, 0) is 48.9 Å². The minimum absolute atomic E-state index is 0.0238. The summed E-state index contributed by atoms with van der Waals surface area (Å²) in [5.74, 6) is 0.123. The SMILES string of the molecule is CNC1=CCC(NC)(C(=CC2OC(=O)c3c(Cl)c(Cl)c(Cl)c(Cl)c32)c2ccc(OC)cc2)C=C1. The van der Waals surface area contributed by atoms with E-state index in [1.165, 1.54) is 0 Å². The maximum atomic E-state index is 12.8. The van der Waals surface area contributed by atoms with Crippen LogP contribution < -0.4 is 15.4 Å². The number of nitrogens with one attached hydrogen (secondary N) is 2. The molecule has 34 heavy (non-hydrogen) atoms. The number of carbonyl (C=O) groups excluding carboxylic acids is 1. The van der Waals surface area contributed by atoms with Gasteiger partial charge in [-0.15, -0.1) is 0 Å². The summed E-state index contributed by atoms with van der Waals surface area (Å²) in [6.45, 7) is 0. The zero-order chi connectivity index (χ0) is 24.6. The Kier molecular flexibility index (Phi) is 7.22. The fourth-order valence-corrected chi connectivity index (χ4v) is 5.29. The third-order valence-electron chi connectivity index (χ3n) is 6.15. The van der Waals surface area contributed by atoms with Crippen LogP contribution in [0, 0.1) is 0 Å². The Morgan fingerprint density at radius 3 is 2.32 bits per heavy atom. The van der Waals surface area contributed by atoms with Crippen LogP contribution in [-0.4, -0.2) is 32.7 Å². The molecule has 0 saturated heterocycles. The Hall–Kier alpha value is -2.15. The maximum absolute atomic E-state index is 12.8. The first kappa shape index (κ1) is 25.0. The molecule has 1 heterocycles. The van der Waals surface area contributed by atoms with Crippen molar-refractivity contribution >= 4 is 57.9 Å². The van der Waals surface area contributed by atoms with E-state index >= 15 is 0 Å². The van der Waals surface area contributed by atoms with Crippen molar-refractivity contribution in [2.75, 3.05) is 21.2 Å². The average Bonchev–Trinajstić information content (AvgIpc) is 3.20. The smallest absolute Gasteiger partial charge is 0.341 e. The van der Waals surface area contributed by atoms with Gasteiger partial charge in [-0.3, -0.25) is 0 Å². The third-order valence-corrected chi connectivity index (χ3v) is 7.97. The number of halogens is 4. The largest absolute Gasteiger partial charge is 0.497 e. The first-order valence-corrected chi connectivity index (χ1v) is 12.0. The van der Waals surface area contributed by atoms with E-state index in [0.717, 1.165) is 22.6 Å². The molecule has 0 radical (unpaired) electrons. The molecule has 2 aromatic carbocycles.